The van der Waals surface area contributed by atoms with Crippen LogP contribution in [-0.4, -0.2) is 36.2 Å². The number of aromatic nitrogens is 3. The zero-order valence-electron chi connectivity index (χ0n) is 18.0. The van der Waals surface area contributed by atoms with Crippen molar-refractivity contribution in [1.82, 2.24) is 14.8 Å². The van der Waals surface area contributed by atoms with Crippen molar-refractivity contribution in [2.45, 2.75) is 38.6 Å². The van der Waals surface area contributed by atoms with Gasteiger partial charge in [0.25, 0.3) is 15.9 Å². The van der Waals surface area contributed by atoms with E-state index >= 15 is 0 Å². The summed E-state index contributed by atoms with van der Waals surface area (Å²) < 4.78 is 35.7. The fourth-order valence-electron chi connectivity index (χ4n) is 2.94. The summed E-state index contributed by atoms with van der Waals surface area (Å²) in [6.45, 7) is 7.48. The van der Waals surface area contributed by atoms with Gasteiger partial charge in [0, 0.05) is 11.7 Å². The van der Waals surface area contributed by atoms with Crippen molar-refractivity contribution in [3.05, 3.63) is 59.7 Å². The number of methoxy groups -OCH3 is 1. The van der Waals surface area contributed by atoms with E-state index in [1.54, 1.807) is 10.7 Å². The predicted molar refractivity (Wildman–Crippen MR) is 118 cm³/mol. The quantitative estimate of drug-likeness (QED) is 0.577. The third-order valence-corrected chi connectivity index (χ3v) is 6.04. The third-order valence-electron chi connectivity index (χ3n) is 4.67. The molecule has 0 aliphatic carbocycles. The molecule has 0 radical (unpaired) electrons. The highest BCUT2D eigenvalue weighted by Gasteiger charge is 2.23. The van der Waals surface area contributed by atoms with Gasteiger partial charge in [-0.1, -0.05) is 18.2 Å². The van der Waals surface area contributed by atoms with E-state index in [4.69, 9.17) is 4.74 Å². The standard InChI is InChI=1S/C21H25N5O4S/c1-13(2)26-12-22-20(24-26)21(27)23-16-9-10-17(30-5)18(11-16)31(28,29)25-19-14(3)7-6-8-15(19)4/h6-13,25H,1-5H3,(H,23,27). The third kappa shape index (κ3) is 4.85. The number of amides is 1. The Bertz CT molecular complexity index is 1200. The SMILES string of the molecule is COc1ccc(NC(=O)c2ncn(C(C)C)n2)cc1S(=O)(=O)Nc1c(C)cccc1C. The van der Waals surface area contributed by atoms with Gasteiger partial charge in [0.1, 0.15) is 17.0 Å². The Balaban J connectivity index is 1.91. The molecule has 164 valence electrons. The summed E-state index contributed by atoms with van der Waals surface area (Å²) in [7, 11) is -2.61. The zero-order chi connectivity index (χ0) is 22.8. The summed E-state index contributed by atoms with van der Waals surface area (Å²) in [5.41, 5.74) is 2.36. The van der Waals surface area contributed by atoms with Crippen LogP contribution in [0.5, 0.6) is 5.75 Å². The van der Waals surface area contributed by atoms with Crippen LogP contribution in [0.2, 0.25) is 0 Å². The molecule has 31 heavy (non-hydrogen) atoms. The van der Waals surface area contributed by atoms with Crippen LogP contribution in [0.1, 0.15) is 41.6 Å². The van der Waals surface area contributed by atoms with Crippen LogP contribution in [0, 0.1) is 13.8 Å². The maximum atomic E-state index is 13.1. The number of hydrogen-bond acceptors (Lipinski definition) is 6. The molecule has 9 nitrogen and oxygen atoms in total. The molecular weight excluding hydrogens is 418 g/mol. The van der Waals surface area contributed by atoms with E-state index < -0.39 is 15.9 Å². The van der Waals surface area contributed by atoms with E-state index in [0.717, 1.165) is 11.1 Å². The van der Waals surface area contributed by atoms with Gasteiger partial charge in [0.2, 0.25) is 5.82 Å². The minimum atomic E-state index is -3.99. The monoisotopic (exact) mass is 443 g/mol. The summed E-state index contributed by atoms with van der Waals surface area (Å²) >= 11 is 0. The number of rotatable bonds is 7. The number of carbonyl (C=O) groups excluding carboxylic acids is 1. The highest BCUT2D eigenvalue weighted by molar-refractivity contribution is 7.92. The van der Waals surface area contributed by atoms with Crippen molar-refractivity contribution in [3.8, 4) is 5.75 Å². The Morgan fingerprint density at radius 1 is 1.13 bits per heavy atom. The van der Waals surface area contributed by atoms with Crippen molar-refractivity contribution in [1.29, 1.82) is 0 Å². The van der Waals surface area contributed by atoms with Crippen LogP contribution in [0.4, 0.5) is 11.4 Å². The lowest BCUT2D eigenvalue weighted by molar-refractivity contribution is 0.101. The molecular formula is C21H25N5O4S. The molecule has 0 saturated heterocycles. The molecule has 3 rings (SSSR count). The van der Waals surface area contributed by atoms with E-state index in [1.165, 1.54) is 25.6 Å². The molecule has 2 N–H and O–H groups in total. The summed E-state index contributed by atoms with van der Waals surface area (Å²) in [6.07, 6.45) is 1.47. The molecule has 3 aromatic rings. The average Bonchev–Trinajstić information content (AvgIpc) is 3.22. The molecule has 0 aliphatic heterocycles. The molecule has 0 fully saturated rings. The number of carbonyl (C=O) groups is 1. The molecule has 0 atom stereocenters. The average molecular weight is 444 g/mol. The first kappa shape index (κ1) is 22.3. The molecule has 0 saturated carbocycles. The van der Waals surface area contributed by atoms with Crippen LogP contribution < -0.4 is 14.8 Å². The van der Waals surface area contributed by atoms with Crippen LogP contribution in [0.15, 0.2) is 47.6 Å². The first-order valence-electron chi connectivity index (χ1n) is 9.62. The van der Waals surface area contributed by atoms with Crippen molar-refractivity contribution in [2.24, 2.45) is 0 Å². The Morgan fingerprint density at radius 3 is 2.39 bits per heavy atom. The van der Waals surface area contributed by atoms with Crippen LogP contribution in [0.25, 0.3) is 0 Å². The largest absolute Gasteiger partial charge is 0.495 e. The lowest BCUT2D eigenvalue weighted by atomic mass is 10.1. The van der Waals surface area contributed by atoms with Crippen molar-refractivity contribution in [2.75, 3.05) is 17.1 Å². The van der Waals surface area contributed by atoms with Crippen LogP contribution >= 0.6 is 0 Å². The van der Waals surface area contributed by atoms with E-state index in [1.807, 2.05) is 45.9 Å². The van der Waals surface area contributed by atoms with Gasteiger partial charge in [-0.3, -0.25) is 9.52 Å². The van der Waals surface area contributed by atoms with Gasteiger partial charge in [0.15, 0.2) is 0 Å². The number of benzene rings is 2. The topological polar surface area (TPSA) is 115 Å². The molecule has 0 unspecified atom stereocenters. The van der Waals surface area contributed by atoms with Gasteiger partial charge >= 0.3 is 0 Å². The van der Waals surface area contributed by atoms with E-state index in [0.29, 0.717) is 5.69 Å². The second-order valence-electron chi connectivity index (χ2n) is 7.33. The molecule has 0 bridgehead atoms. The number of aryl methyl sites for hydroxylation is 2. The molecule has 10 heteroatoms. The number of hydrogen-bond donors (Lipinski definition) is 2. The number of ether oxygens (including phenoxy) is 1. The Morgan fingerprint density at radius 2 is 1.81 bits per heavy atom. The van der Waals surface area contributed by atoms with Crippen LogP contribution in [0.3, 0.4) is 0 Å². The number of sulfonamides is 1. The lowest BCUT2D eigenvalue weighted by Crippen LogP contribution is -2.18. The summed E-state index contributed by atoms with van der Waals surface area (Å²) in [5.74, 6) is -0.405. The van der Waals surface area contributed by atoms with Gasteiger partial charge in [-0.15, -0.1) is 5.10 Å². The minimum Gasteiger partial charge on any atom is -0.495 e. The Hall–Kier alpha value is -3.40. The molecule has 0 aliphatic rings. The van der Waals surface area contributed by atoms with Crippen molar-refractivity contribution >= 4 is 27.3 Å². The summed E-state index contributed by atoms with van der Waals surface area (Å²) in [4.78, 5) is 16.4. The fraction of sp³-hybridized carbons (Fsp3) is 0.286. The molecule has 2 aromatic carbocycles. The molecule has 1 amide bonds. The maximum absolute atomic E-state index is 13.1. The number of para-hydroxylation sites is 1. The Kier molecular flexibility index (Phi) is 6.30. The lowest BCUT2D eigenvalue weighted by Gasteiger charge is -2.16. The first-order chi connectivity index (χ1) is 14.6. The highest BCUT2D eigenvalue weighted by Crippen LogP contribution is 2.30. The smallest absolute Gasteiger partial charge is 0.295 e. The molecule has 0 spiro atoms. The van der Waals surface area contributed by atoms with Crippen molar-refractivity contribution in [3.63, 3.8) is 0 Å². The second-order valence-corrected chi connectivity index (χ2v) is 8.98. The normalized spacial score (nSPS) is 11.4. The van der Waals surface area contributed by atoms with Gasteiger partial charge in [-0.05, 0) is 57.0 Å². The maximum Gasteiger partial charge on any atom is 0.295 e. The van der Waals surface area contributed by atoms with Gasteiger partial charge in [0.05, 0.1) is 12.8 Å². The molecule has 1 heterocycles. The molecule has 1 aromatic heterocycles. The number of anilines is 2. The summed E-state index contributed by atoms with van der Waals surface area (Å²) in [5, 5.41) is 6.76. The summed E-state index contributed by atoms with van der Waals surface area (Å²) in [6, 6.07) is 9.93. The number of nitrogens with one attached hydrogen (secondary N) is 2. The van der Waals surface area contributed by atoms with E-state index in [9.17, 15) is 13.2 Å². The van der Waals surface area contributed by atoms with Crippen LogP contribution in [-0.2, 0) is 10.0 Å². The second kappa shape index (κ2) is 8.76. The van der Waals surface area contributed by atoms with Gasteiger partial charge < -0.3 is 10.1 Å². The van der Waals surface area contributed by atoms with Gasteiger partial charge in [-0.2, -0.15) is 0 Å². The first-order valence-corrected chi connectivity index (χ1v) is 11.1. The predicted octanol–water partition coefficient (Wildman–Crippen LogP) is 3.54. The van der Waals surface area contributed by atoms with Gasteiger partial charge in [-0.25, -0.2) is 18.1 Å². The minimum absolute atomic E-state index is 0.0115. The van der Waals surface area contributed by atoms with Crippen molar-refractivity contribution < 1.29 is 17.9 Å². The fourth-order valence-corrected chi connectivity index (χ4v) is 4.34. The highest BCUT2D eigenvalue weighted by atomic mass is 32.2. The Labute approximate surface area is 181 Å². The van der Waals surface area contributed by atoms with E-state index in [-0.39, 0.29) is 28.2 Å². The zero-order valence-corrected chi connectivity index (χ0v) is 18.8. The number of nitrogens with zero attached hydrogens (tertiary/aromatic N) is 3. The van der Waals surface area contributed by atoms with E-state index in [2.05, 4.69) is 20.1 Å².